The maximum atomic E-state index is 13.2. The molecule has 1 spiro atoms. The van der Waals surface area contributed by atoms with Crippen LogP contribution >= 0.6 is 0 Å². The molecule has 3 atom stereocenters. The lowest BCUT2D eigenvalue weighted by atomic mass is 9.73. The number of imidazole rings is 1. The summed E-state index contributed by atoms with van der Waals surface area (Å²) in [6, 6.07) is 7.47. The van der Waals surface area contributed by atoms with Gasteiger partial charge in [-0.2, -0.15) is 0 Å². The lowest BCUT2D eigenvalue weighted by Crippen LogP contribution is -2.54. The number of carbonyl (C=O) groups is 3. The molecule has 1 aromatic heterocycles. The Hall–Kier alpha value is -2.90. The van der Waals surface area contributed by atoms with Crippen molar-refractivity contribution in [2.45, 2.75) is 56.9 Å². The zero-order valence-electron chi connectivity index (χ0n) is 17.9. The van der Waals surface area contributed by atoms with Crippen LogP contribution in [0, 0.1) is 5.92 Å². The Morgan fingerprint density at radius 3 is 2.84 bits per heavy atom. The van der Waals surface area contributed by atoms with E-state index in [2.05, 4.69) is 10.3 Å². The molecular formula is C23H29N5O3. The maximum Gasteiger partial charge on any atom is 0.325 e. The van der Waals surface area contributed by atoms with Gasteiger partial charge in [0, 0.05) is 19.0 Å². The quantitative estimate of drug-likeness (QED) is 0.742. The van der Waals surface area contributed by atoms with Crippen molar-refractivity contribution in [2.75, 3.05) is 19.6 Å². The smallest absolute Gasteiger partial charge is 0.325 e. The van der Waals surface area contributed by atoms with E-state index in [0.29, 0.717) is 19.5 Å². The Kier molecular flexibility index (Phi) is 4.95. The fourth-order valence-corrected chi connectivity index (χ4v) is 5.47. The fourth-order valence-electron chi connectivity index (χ4n) is 5.47. The van der Waals surface area contributed by atoms with Gasteiger partial charge in [0.05, 0.1) is 11.0 Å². The standard InChI is InChI=1S/C23H29N5O3/c1-15-7-4-5-11-23(15)21(30)28(22(31)26-23)14-19(29)27-12-6-8-16(13-27)20-24-17-9-2-3-10-18(17)25-20/h2-3,9-10,15-16H,4-8,11-14H2,1H3,(H,24,25)(H,26,31)/t15-,16+,23-/m1/s1. The van der Waals surface area contributed by atoms with Crippen LogP contribution in [0.1, 0.15) is 57.2 Å². The Balaban J connectivity index is 1.28. The molecule has 0 unspecified atom stereocenters. The van der Waals surface area contributed by atoms with Gasteiger partial charge in [-0.3, -0.25) is 14.5 Å². The van der Waals surface area contributed by atoms with Crippen LogP contribution in [0.5, 0.6) is 0 Å². The molecule has 5 rings (SSSR count). The van der Waals surface area contributed by atoms with Gasteiger partial charge in [-0.05, 0) is 43.7 Å². The summed E-state index contributed by atoms with van der Waals surface area (Å²) in [6.45, 7) is 3.02. The summed E-state index contributed by atoms with van der Waals surface area (Å²) >= 11 is 0. The monoisotopic (exact) mass is 423 g/mol. The summed E-state index contributed by atoms with van der Waals surface area (Å²) in [5.74, 6) is 0.695. The van der Waals surface area contributed by atoms with Crippen molar-refractivity contribution in [1.29, 1.82) is 0 Å². The second-order valence-electron chi connectivity index (χ2n) is 9.26. The third-order valence-electron chi connectivity index (χ3n) is 7.36. The zero-order chi connectivity index (χ0) is 21.6. The lowest BCUT2D eigenvalue weighted by Gasteiger charge is -2.37. The van der Waals surface area contributed by atoms with Gasteiger partial charge in [0.2, 0.25) is 5.91 Å². The summed E-state index contributed by atoms with van der Waals surface area (Å²) in [4.78, 5) is 49.8. The molecule has 164 valence electrons. The topological polar surface area (TPSA) is 98.4 Å². The number of H-pyrrole nitrogens is 1. The van der Waals surface area contributed by atoms with E-state index >= 15 is 0 Å². The van der Waals surface area contributed by atoms with Crippen LogP contribution < -0.4 is 5.32 Å². The molecule has 3 fully saturated rings. The molecule has 1 aliphatic carbocycles. The summed E-state index contributed by atoms with van der Waals surface area (Å²) < 4.78 is 0. The molecule has 1 saturated carbocycles. The maximum absolute atomic E-state index is 13.2. The molecule has 8 nitrogen and oxygen atoms in total. The van der Waals surface area contributed by atoms with Crippen LogP contribution in [-0.4, -0.2) is 62.8 Å². The number of carbonyl (C=O) groups excluding carboxylic acids is 3. The van der Waals surface area contributed by atoms with Gasteiger partial charge in [-0.25, -0.2) is 9.78 Å². The first-order chi connectivity index (χ1) is 15.0. The molecule has 0 bridgehead atoms. The normalized spacial score (nSPS) is 29.1. The van der Waals surface area contributed by atoms with E-state index in [-0.39, 0.29) is 30.2 Å². The molecule has 4 amide bonds. The van der Waals surface area contributed by atoms with Crippen LogP contribution in [0.15, 0.2) is 24.3 Å². The number of benzene rings is 1. The number of piperidine rings is 1. The first kappa shape index (κ1) is 20.0. The number of likely N-dealkylation sites (tertiary alicyclic amines) is 1. The highest BCUT2D eigenvalue weighted by Gasteiger charge is 2.55. The van der Waals surface area contributed by atoms with Crippen molar-refractivity contribution in [3.8, 4) is 0 Å². The van der Waals surface area contributed by atoms with Crippen LogP contribution in [0.4, 0.5) is 4.79 Å². The van der Waals surface area contributed by atoms with E-state index in [4.69, 9.17) is 4.98 Å². The largest absolute Gasteiger partial charge is 0.342 e. The van der Waals surface area contributed by atoms with Crippen LogP contribution in [0.2, 0.25) is 0 Å². The Labute approximate surface area is 181 Å². The molecular weight excluding hydrogens is 394 g/mol. The predicted octanol–water partition coefficient (Wildman–Crippen LogP) is 2.77. The number of amides is 4. The van der Waals surface area contributed by atoms with Gasteiger partial charge in [0.15, 0.2) is 0 Å². The molecule has 8 heteroatoms. The number of aromatic amines is 1. The van der Waals surface area contributed by atoms with Gasteiger partial charge in [0.25, 0.3) is 5.91 Å². The van der Waals surface area contributed by atoms with E-state index in [0.717, 1.165) is 53.9 Å². The highest BCUT2D eigenvalue weighted by Crippen LogP contribution is 2.38. The summed E-state index contributed by atoms with van der Waals surface area (Å²) in [5, 5.41) is 2.93. The van der Waals surface area contributed by atoms with Gasteiger partial charge >= 0.3 is 6.03 Å². The number of rotatable bonds is 3. The fraction of sp³-hybridized carbons (Fsp3) is 0.565. The third kappa shape index (κ3) is 3.38. The number of nitrogens with one attached hydrogen (secondary N) is 2. The van der Waals surface area contributed by atoms with Crippen molar-refractivity contribution < 1.29 is 14.4 Å². The number of para-hydroxylation sites is 2. The van der Waals surface area contributed by atoms with Crippen LogP contribution in [-0.2, 0) is 9.59 Å². The van der Waals surface area contributed by atoms with Crippen molar-refractivity contribution in [3.63, 3.8) is 0 Å². The van der Waals surface area contributed by atoms with E-state index < -0.39 is 11.6 Å². The zero-order valence-corrected chi connectivity index (χ0v) is 17.9. The molecule has 2 saturated heterocycles. The van der Waals surface area contributed by atoms with Gasteiger partial charge in [0.1, 0.15) is 17.9 Å². The highest BCUT2D eigenvalue weighted by atomic mass is 16.2. The first-order valence-electron chi connectivity index (χ1n) is 11.3. The average Bonchev–Trinajstić information content (AvgIpc) is 3.31. The second kappa shape index (κ2) is 7.66. The summed E-state index contributed by atoms with van der Waals surface area (Å²) in [5.41, 5.74) is 1.09. The van der Waals surface area contributed by atoms with E-state index in [9.17, 15) is 14.4 Å². The molecule has 3 aliphatic rings. The third-order valence-corrected chi connectivity index (χ3v) is 7.36. The number of nitrogens with zero attached hydrogens (tertiary/aromatic N) is 3. The first-order valence-corrected chi connectivity index (χ1v) is 11.3. The summed E-state index contributed by atoms with van der Waals surface area (Å²) in [7, 11) is 0. The number of fused-ring (bicyclic) bond motifs is 1. The second-order valence-corrected chi connectivity index (χ2v) is 9.26. The van der Waals surface area contributed by atoms with Crippen LogP contribution in [0.3, 0.4) is 0 Å². The van der Waals surface area contributed by atoms with E-state index in [1.54, 1.807) is 4.90 Å². The minimum Gasteiger partial charge on any atom is -0.342 e. The molecule has 1 aromatic carbocycles. The van der Waals surface area contributed by atoms with Gasteiger partial charge < -0.3 is 15.2 Å². The molecule has 2 aliphatic heterocycles. The number of aromatic nitrogens is 2. The molecule has 3 heterocycles. The SMILES string of the molecule is C[C@@H]1CCCC[C@@]12NC(=O)N(CC(=O)N1CCC[C@H](c3nc4ccccc4[nH]3)C1)C2=O. The Morgan fingerprint density at radius 2 is 2.03 bits per heavy atom. The van der Waals surface area contributed by atoms with Crippen LogP contribution in [0.25, 0.3) is 11.0 Å². The number of imide groups is 1. The van der Waals surface area contributed by atoms with E-state index in [1.165, 1.54) is 0 Å². The van der Waals surface area contributed by atoms with Gasteiger partial charge in [-0.15, -0.1) is 0 Å². The lowest BCUT2D eigenvalue weighted by molar-refractivity contribution is -0.141. The minimum absolute atomic E-state index is 0.0882. The minimum atomic E-state index is -0.825. The number of hydrogen-bond acceptors (Lipinski definition) is 4. The van der Waals surface area contributed by atoms with Crippen molar-refractivity contribution in [1.82, 2.24) is 25.1 Å². The molecule has 0 radical (unpaired) electrons. The molecule has 31 heavy (non-hydrogen) atoms. The number of urea groups is 1. The highest BCUT2D eigenvalue weighted by molar-refractivity contribution is 6.09. The average molecular weight is 424 g/mol. The summed E-state index contributed by atoms with van der Waals surface area (Å²) in [6.07, 6.45) is 5.38. The van der Waals surface area contributed by atoms with Crippen molar-refractivity contribution in [2.24, 2.45) is 5.92 Å². The number of hydrogen-bond donors (Lipinski definition) is 2. The van der Waals surface area contributed by atoms with Gasteiger partial charge in [-0.1, -0.05) is 31.9 Å². The van der Waals surface area contributed by atoms with Crippen molar-refractivity contribution >= 4 is 28.9 Å². The molecule has 2 aromatic rings. The predicted molar refractivity (Wildman–Crippen MR) is 115 cm³/mol. The van der Waals surface area contributed by atoms with Crippen molar-refractivity contribution in [3.05, 3.63) is 30.1 Å². The van der Waals surface area contributed by atoms with E-state index in [1.807, 2.05) is 31.2 Å². The molecule has 2 N–H and O–H groups in total. The Bertz CT molecular complexity index is 1000. The Morgan fingerprint density at radius 1 is 1.19 bits per heavy atom.